The summed E-state index contributed by atoms with van der Waals surface area (Å²) >= 11 is 1.22. The standard InChI is InChI=1S/C20H24N2O4S2/c23-18(9-8-17-5-2-1-3-6-17)21-12-10-20(11-13-21)22(14-15-26-20)28(24,25)19-7-4-16-27-19/h1-7,16H,8-15H2. The van der Waals surface area contributed by atoms with Gasteiger partial charge in [-0.15, -0.1) is 11.3 Å². The van der Waals surface area contributed by atoms with Crippen LogP contribution >= 0.6 is 11.3 Å². The van der Waals surface area contributed by atoms with Crippen molar-refractivity contribution >= 4 is 27.3 Å². The zero-order valence-corrected chi connectivity index (χ0v) is 17.3. The van der Waals surface area contributed by atoms with Gasteiger partial charge >= 0.3 is 0 Å². The second kappa shape index (κ2) is 7.94. The first-order chi connectivity index (χ1) is 13.5. The van der Waals surface area contributed by atoms with Gasteiger partial charge in [0.25, 0.3) is 10.0 Å². The van der Waals surface area contributed by atoms with Crippen molar-refractivity contribution in [2.75, 3.05) is 26.2 Å². The largest absolute Gasteiger partial charge is 0.358 e. The van der Waals surface area contributed by atoms with E-state index in [-0.39, 0.29) is 5.91 Å². The number of amides is 1. The number of aryl methyl sites for hydroxylation is 1. The number of carbonyl (C=O) groups is 1. The SMILES string of the molecule is O=C(CCc1ccccc1)N1CCC2(CC1)OCCN2S(=O)(=O)c1cccs1. The molecule has 4 rings (SSSR count). The Hall–Kier alpha value is -1.74. The summed E-state index contributed by atoms with van der Waals surface area (Å²) < 4.78 is 33.8. The van der Waals surface area contributed by atoms with E-state index in [1.807, 2.05) is 35.2 Å². The van der Waals surface area contributed by atoms with E-state index in [0.717, 1.165) is 12.0 Å². The Morgan fingerprint density at radius 3 is 2.50 bits per heavy atom. The maximum atomic E-state index is 13.0. The molecule has 8 heteroatoms. The number of thiophene rings is 1. The summed E-state index contributed by atoms with van der Waals surface area (Å²) in [6.45, 7) is 1.79. The van der Waals surface area contributed by atoms with E-state index < -0.39 is 15.7 Å². The van der Waals surface area contributed by atoms with Gasteiger partial charge in [-0.05, 0) is 23.4 Å². The normalized spacial score (nSPS) is 19.9. The zero-order valence-electron chi connectivity index (χ0n) is 15.6. The van der Waals surface area contributed by atoms with Crippen molar-refractivity contribution in [1.29, 1.82) is 0 Å². The van der Waals surface area contributed by atoms with Gasteiger partial charge < -0.3 is 9.64 Å². The first kappa shape index (κ1) is 19.6. The highest BCUT2D eigenvalue weighted by molar-refractivity contribution is 7.91. The third-order valence-corrected chi connectivity index (χ3v) is 8.85. The number of ether oxygens (including phenoxy) is 1. The Bertz CT molecular complexity index is 905. The molecule has 0 bridgehead atoms. The Balaban J connectivity index is 1.39. The molecule has 3 heterocycles. The molecular formula is C20H24N2O4S2. The van der Waals surface area contributed by atoms with E-state index in [1.165, 1.54) is 15.6 Å². The molecule has 1 aromatic carbocycles. The highest BCUT2D eigenvalue weighted by Gasteiger charge is 2.51. The number of sulfonamides is 1. The average molecular weight is 421 g/mol. The summed E-state index contributed by atoms with van der Waals surface area (Å²) in [7, 11) is -3.56. The van der Waals surface area contributed by atoms with Crippen LogP contribution in [0.3, 0.4) is 0 Å². The summed E-state index contributed by atoms with van der Waals surface area (Å²) in [4.78, 5) is 14.4. The Morgan fingerprint density at radius 2 is 1.82 bits per heavy atom. The number of hydrogen-bond acceptors (Lipinski definition) is 5. The minimum absolute atomic E-state index is 0.115. The number of piperidine rings is 1. The Labute approximate surface area is 169 Å². The van der Waals surface area contributed by atoms with Crippen LogP contribution in [0, 0.1) is 0 Å². The molecule has 0 N–H and O–H groups in total. The lowest BCUT2D eigenvalue weighted by atomic mass is 10.00. The van der Waals surface area contributed by atoms with E-state index in [9.17, 15) is 13.2 Å². The molecule has 2 aromatic rings. The molecule has 0 saturated carbocycles. The number of likely N-dealkylation sites (tertiary alicyclic amines) is 1. The van der Waals surface area contributed by atoms with Gasteiger partial charge in [-0.2, -0.15) is 4.31 Å². The summed E-state index contributed by atoms with van der Waals surface area (Å²) in [5.74, 6) is 0.115. The van der Waals surface area contributed by atoms with Crippen molar-refractivity contribution < 1.29 is 17.9 Å². The lowest BCUT2D eigenvalue weighted by Crippen LogP contribution is -2.55. The molecule has 0 aliphatic carbocycles. The fourth-order valence-electron chi connectivity index (χ4n) is 4.01. The van der Waals surface area contributed by atoms with Gasteiger partial charge in [0, 0.05) is 38.9 Å². The summed E-state index contributed by atoms with van der Waals surface area (Å²) in [6.07, 6.45) is 2.20. The van der Waals surface area contributed by atoms with Crippen LogP contribution in [-0.2, 0) is 26.0 Å². The minimum Gasteiger partial charge on any atom is -0.358 e. The second-order valence-corrected chi connectivity index (χ2v) is 10.2. The van der Waals surface area contributed by atoms with Gasteiger partial charge in [-0.1, -0.05) is 36.4 Å². The third-order valence-electron chi connectivity index (χ3n) is 5.53. The van der Waals surface area contributed by atoms with Crippen molar-refractivity contribution in [1.82, 2.24) is 9.21 Å². The number of nitrogens with zero attached hydrogens (tertiary/aromatic N) is 2. The molecule has 0 unspecified atom stereocenters. The molecule has 2 saturated heterocycles. The first-order valence-electron chi connectivity index (χ1n) is 9.53. The molecular weight excluding hydrogens is 396 g/mol. The van der Waals surface area contributed by atoms with Crippen LogP contribution in [0.4, 0.5) is 0 Å². The molecule has 28 heavy (non-hydrogen) atoms. The van der Waals surface area contributed by atoms with Crippen LogP contribution in [0.15, 0.2) is 52.1 Å². The topological polar surface area (TPSA) is 66.9 Å². The minimum atomic E-state index is -3.56. The van der Waals surface area contributed by atoms with Crippen molar-refractivity contribution in [2.45, 2.75) is 35.6 Å². The van der Waals surface area contributed by atoms with E-state index in [4.69, 9.17) is 4.74 Å². The van der Waals surface area contributed by atoms with Gasteiger partial charge in [0.15, 0.2) is 0 Å². The predicted octanol–water partition coefficient (Wildman–Crippen LogP) is 2.72. The quantitative estimate of drug-likeness (QED) is 0.746. The number of hydrogen-bond donors (Lipinski definition) is 0. The van der Waals surface area contributed by atoms with Crippen molar-refractivity contribution in [2.24, 2.45) is 0 Å². The zero-order chi connectivity index (χ0) is 19.6. The maximum Gasteiger partial charge on any atom is 0.255 e. The third kappa shape index (κ3) is 3.74. The maximum absolute atomic E-state index is 13.0. The molecule has 150 valence electrons. The van der Waals surface area contributed by atoms with E-state index in [1.54, 1.807) is 17.5 Å². The fourth-order valence-corrected chi connectivity index (χ4v) is 6.83. The molecule has 6 nitrogen and oxygen atoms in total. The molecule has 0 atom stereocenters. The summed E-state index contributed by atoms with van der Waals surface area (Å²) in [5.41, 5.74) is 0.329. The molecule has 1 spiro atoms. The smallest absolute Gasteiger partial charge is 0.255 e. The van der Waals surface area contributed by atoms with Gasteiger partial charge in [0.05, 0.1) is 6.61 Å². The summed E-state index contributed by atoms with van der Waals surface area (Å²) in [5, 5.41) is 1.77. The van der Waals surface area contributed by atoms with Crippen LogP contribution in [-0.4, -0.2) is 55.5 Å². The molecule has 2 fully saturated rings. The molecule has 2 aliphatic rings. The number of benzene rings is 1. The average Bonchev–Trinajstić information content (AvgIpc) is 3.39. The first-order valence-corrected chi connectivity index (χ1v) is 11.9. The van der Waals surface area contributed by atoms with E-state index in [2.05, 4.69) is 0 Å². The highest BCUT2D eigenvalue weighted by Crippen LogP contribution is 2.39. The fraction of sp³-hybridized carbons (Fsp3) is 0.450. The van der Waals surface area contributed by atoms with Crippen LogP contribution in [0.1, 0.15) is 24.8 Å². The number of rotatable bonds is 5. The van der Waals surface area contributed by atoms with Crippen molar-refractivity contribution in [3.63, 3.8) is 0 Å². The Kier molecular flexibility index (Phi) is 5.55. The monoisotopic (exact) mass is 420 g/mol. The lowest BCUT2D eigenvalue weighted by Gasteiger charge is -2.42. The van der Waals surface area contributed by atoms with Crippen molar-refractivity contribution in [3.8, 4) is 0 Å². The molecule has 2 aliphatic heterocycles. The van der Waals surface area contributed by atoms with Crippen LogP contribution in [0.2, 0.25) is 0 Å². The molecule has 1 aromatic heterocycles. The lowest BCUT2D eigenvalue weighted by molar-refractivity contribution is -0.140. The van der Waals surface area contributed by atoms with Crippen LogP contribution in [0.25, 0.3) is 0 Å². The predicted molar refractivity (Wildman–Crippen MR) is 107 cm³/mol. The van der Waals surface area contributed by atoms with E-state index >= 15 is 0 Å². The molecule has 0 radical (unpaired) electrons. The van der Waals surface area contributed by atoms with Crippen LogP contribution < -0.4 is 0 Å². The van der Waals surface area contributed by atoms with E-state index in [0.29, 0.717) is 49.7 Å². The van der Waals surface area contributed by atoms with Gasteiger partial charge in [-0.3, -0.25) is 4.79 Å². The van der Waals surface area contributed by atoms with Crippen molar-refractivity contribution in [3.05, 3.63) is 53.4 Å². The van der Waals surface area contributed by atoms with Gasteiger partial charge in [0.2, 0.25) is 5.91 Å². The molecule has 1 amide bonds. The second-order valence-electron chi connectivity index (χ2n) is 7.17. The number of carbonyl (C=O) groups excluding carboxylic acids is 1. The van der Waals surface area contributed by atoms with Gasteiger partial charge in [0.1, 0.15) is 9.93 Å². The Morgan fingerprint density at radius 1 is 1.07 bits per heavy atom. The summed E-state index contributed by atoms with van der Waals surface area (Å²) in [6, 6.07) is 13.3. The highest BCUT2D eigenvalue weighted by atomic mass is 32.2. The van der Waals surface area contributed by atoms with Gasteiger partial charge in [-0.25, -0.2) is 8.42 Å². The van der Waals surface area contributed by atoms with Crippen LogP contribution in [0.5, 0.6) is 0 Å².